The number of hydrogen-bond acceptors (Lipinski definition) is 4. The van der Waals surface area contributed by atoms with Gasteiger partial charge in [0.25, 0.3) is 0 Å². The average molecular weight is 442 g/mol. The van der Waals surface area contributed by atoms with Crippen LogP contribution >= 0.6 is 24.0 Å². The van der Waals surface area contributed by atoms with E-state index in [1.165, 1.54) is 5.56 Å². The zero-order valence-electron chi connectivity index (χ0n) is 13.9. The Labute approximate surface area is 159 Å². The predicted octanol–water partition coefficient (Wildman–Crippen LogP) is 2.80. The zero-order valence-corrected chi connectivity index (χ0v) is 16.3. The maximum Gasteiger partial charge on any atom is 0.226 e. The molecule has 0 amide bonds. The topological polar surface area (TPSA) is 76.9 Å². The number of hydrogen-bond donors (Lipinski definition) is 1. The number of guanidine groups is 1. The van der Waals surface area contributed by atoms with Crippen molar-refractivity contribution < 1.29 is 9.15 Å². The summed E-state index contributed by atoms with van der Waals surface area (Å²) in [5.74, 6) is 1.13. The molecule has 0 saturated carbocycles. The number of rotatable bonds is 3. The molecule has 1 aromatic carbocycles. The summed E-state index contributed by atoms with van der Waals surface area (Å²) >= 11 is 0. The van der Waals surface area contributed by atoms with Crippen LogP contribution < -0.4 is 5.73 Å². The lowest BCUT2D eigenvalue weighted by Gasteiger charge is -2.31. The number of aromatic nitrogens is 1. The molecular formula is C17H23IN4O2. The Hall–Kier alpha value is -1.61. The number of oxazole rings is 1. The third-order valence-corrected chi connectivity index (χ3v) is 3.82. The number of nitrogens with zero attached hydrogens (tertiary/aromatic N) is 3. The van der Waals surface area contributed by atoms with E-state index in [0.29, 0.717) is 25.0 Å². The van der Waals surface area contributed by atoms with Crippen molar-refractivity contribution in [1.29, 1.82) is 0 Å². The number of nitrogens with two attached hydrogens (primary N) is 1. The summed E-state index contributed by atoms with van der Waals surface area (Å²) in [6.07, 6.45) is 1.81. The summed E-state index contributed by atoms with van der Waals surface area (Å²) in [7, 11) is 0. The highest BCUT2D eigenvalue weighted by Crippen LogP contribution is 2.19. The van der Waals surface area contributed by atoms with Crippen LogP contribution in [-0.2, 0) is 11.3 Å². The molecule has 0 aliphatic carbocycles. The van der Waals surface area contributed by atoms with Gasteiger partial charge in [0.05, 0.1) is 19.3 Å². The summed E-state index contributed by atoms with van der Waals surface area (Å²) in [5.41, 5.74) is 8.99. The van der Waals surface area contributed by atoms with E-state index < -0.39 is 0 Å². The Balaban J connectivity index is 0.00000208. The van der Waals surface area contributed by atoms with E-state index in [4.69, 9.17) is 14.9 Å². The highest BCUT2D eigenvalue weighted by molar-refractivity contribution is 14.0. The van der Waals surface area contributed by atoms with E-state index in [9.17, 15) is 0 Å². The summed E-state index contributed by atoms with van der Waals surface area (Å²) < 4.78 is 11.0. The molecule has 1 unspecified atom stereocenters. The van der Waals surface area contributed by atoms with Gasteiger partial charge in [-0.05, 0) is 26.0 Å². The first kappa shape index (κ1) is 18.7. The molecule has 1 fully saturated rings. The Morgan fingerprint density at radius 3 is 2.83 bits per heavy atom. The predicted molar refractivity (Wildman–Crippen MR) is 104 cm³/mol. The Kier molecular flexibility index (Phi) is 6.61. The third-order valence-electron chi connectivity index (χ3n) is 3.82. The molecule has 0 radical (unpaired) electrons. The summed E-state index contributed by atoms with van der Waals surface area (Å²) in [4.78, 5) is 10.9. The average Bonchev–Trinajstić information content (AvgIpc) is 3.02. The lowest BCUT2D eigenvalue weighted by molar-refractivity contribution is 0.00528. The summed E-state index contributed by atoms with van der Waals surface area (Å²) in [6, 6.07) is 8.07. The van der Waals surface area contributed by atoms with Crippen LogP contribution in [0.1, 0.15) is 18.2 Å². The first-order valence-corrected chi connectivity index (χ1v) is 7.80. The molecule has 2 heterocycles. The standard InChI is InChI=1S/C17H22N4O2.HI/c1-12-3-5-14(6-4-12)16-20-15(11-23-16)9-19-17(18)21-7-8-22-13(2)10-21;/h3-6,11,13H,7-10H2,1-2H3,(H2,18,19);1H. The second-order valence-electron chi connectivity index (χ2n) is 5.81. The molecule has 1 saturated heterocycles. The van der Waals surface area contributed by atoms with E-state index in [-0.39, 0.29) is 30.1 Å². The Bertz CT molecular complexity index is 684. The highest BCUT2D eigenvalue weighted by Gasteiger charge is 2.18. The minimum Gasteiger partial charge on any atom is -0.444 e. The fraction of sp³-hybridized carbons (Fsp3) is 0.412. The van der Waals surface area contributed by atoms with Gasteiger partial charge in [-0.2, -0.15) is 0 Å². The van der Waals surface area contributed by atoms with Crippen LogP contribution in [0, 0.1) is 6.92 Å². The molecule has 1 aromatic heterocycles. The number of morpholine rings is 1. The number of benzene rings is 1. The van der Waals surface area contributed by atoms with Crippen molar-refractivity contribution in [1.82, 2.24) is 9.88 Å². The molecule has 3 rings (SSSR count). The third kappa shape index (κ3) is 4.70. The normalized spacial score (nSPS) is 18.3. The molecule has 7 heteroatoms. The number of aryl methyl sites for hydroxylation is 1. The summed E-state index contributed by atoms with van der Waals surface area (Å²) in [5, 5.41) is 0. The lowest BCUT2D eigenvalue weighted by atomic mass is 10.1. The number of ether oxygens (including phenoxy) is 1. The van der Waals surface area contributed by atoms with Gasteiger partial charge in [0.1, 0.15) is 12.0 Å². The Morgan fingerprint density at radius 2 is 2.12 bits per heavy atom. The smallest absolute Gasteiger partial charge is 0.226 e. The first-order valence-electron chi connectivity index (χ1n) is 7.80. The highest BCUT2D eigenvalue weighted by atomic mass is 127. The van der Waals surface area contributed by atoms with E-state index >= 15 is 0 Å². The van der Waals surface area contributed by atoms with Crippen molar-refractivity contribution in [3.63, 3.8) is 0 Å². The minimum atomic E-state index is 0. The van der Waals surface area contributed by atoms with Gasteiger partial charge in [-0.1, -0.05) is 17.7 Å². The second-order valence-corrected chi connectivity index (χ2v) is 5.81. The fourth-order valence-electron chi connectivity index (χ4n) is 2.50. The van der Waals surface area contributed by atoms with Gasteiger partial charge in [-0.25, -0.2) is 9.98 Å². The monoisotopic (exact) mass is 442 g/mol. The van der Waals surface area contributed by atoms with Crippen molar-refractivity contribution in [3.05, 3.63) is 41.8 Å². The van der Waals surface area contributed by atoms with Crippen LogP contribution in [-0.4, -0.2) is 41.6 Å². The van der Waals surface area contributed by atoms with Gasteiger partial charge >= 0.3 is 0 Å². The molecular weight excluding hydrogens is 419 g/mol. The van der Waals surface area contributed by atoms with E-state index in [0.717, 1.165) is 24.3 Å². The first-order chi connectivity index (χ1) is 11.1. The van der Waals surface area contributed by atoms with Gasteiger partial charge in [0.2, 0.25) is 5.89 Å². The molecule has 2 aromatic rings. The maximum atomic E-state index is 6.06. The number of halogens is 1. The Morgan fingerprint density at radius 1 is 1.38 bits per heavy atom. The van der Waals surface area contributed by atoms with E-state index in [1.807, 2.05) is 36.1 Å². The zero-order chi connectivity index (χ0) is 16.2. The van der Waals surface area contributed by atoms with Crippen LogP contribution in [0.2, 0.25) is 0 Å². The largest absolute Gasteiger partial charge is 0.444 e. The molecule has 0 spiro atoms. The van der Waals surface area contributed by atoms with Crippen molar-refractivity contribution in [3.8, 4) is 11.5 Å². The molecule has 1 aliphatic rings. The van der Waals surface area contributed by atoms with E-state index in [2.05, 4.69) is 16.9 Å². The molecule has 0 bridgehead atoms. The van der Waals surface area contributed by atoms with Gasteiger partial charge < -0.3 is 19.8 Å². The molecule has 24 heavy (non-hydrogen) atoms. The lowest BCUT2D eigenvalue weighted by Crippen LogP contribution is -2.47. The van der Waals surface area contributed by atoms with Crippen LogP contribution in [0.3, 0.4) is 0 Å². The van der Waals surface area contributed by atoms with Gasteiger partial charge in [0, 0.05) is 18.7 Å². The quantitative estimate of drug-likeness (QED) is 0.450. The number of aliphatic imine (C=N–C) groups is 1. The van der Waals surface area contributed by atoms with Crippen molar-refractivity contribution in [2.24, 2.45) is 10.7 Å². The minimum absolute atomic E-state index is 0. The molecule has 6 nitrogen and oxygen atoms in total. The second kappa shape index (κ2) is 8.48. The van der Waals surface area contributed by atoms with Crippen LogP contribution in [0.5, 0.6) is 0 Å². The van der Waals surface area contributed by atoms with Gasteiger partial charge in [0.15, 0.2) is 5.96 Å². The van der Waals surface area contributed by atoms with E-state index in [1.54, 1.807) is 6.26 Å². The van der Waals surface area contributed by atoms with Crippen LogP contribution in [0.4, 0.5) is 0 Å². The molecule has 1 atom stereocenters. The molecule has 1 aliphatic heterocycles. The van der Waals surface area contributed by atoms with Crippen molar-refractivity contribution >= 4 is 29.9 Å². The summed E-state index contributed by atoms with van der Waals surface area (Å²) in [6.45, 7) is 6.71. The maximum absolute atomic E-state index is 6.06. The van der Waals surface area contributed by atoms with Gasteiger partial charge in [-0.15, -0.1) is 24.0 Å². The van der Waals surface area contributed by atoms with Crippen molar-refractivity contribution in [2.45, 2.75) is 26.5 Å². The molecule has 130 valence electrons. The fourth-order valence-corrected chi connectivity index (χ4v) is 2.50. The van der Waals surface area contributed by atoms with Gasteiger partial charge in [-0.3, -0.25) is 0 Å². The SMILES string of the molecule is Cc1ccc(-c2nc(CN=C(N)N3CCOC(C)C3)co2)cc1.I. The molecule has 2 N–H and O–H groups in total. The van der Waals surface area contributed by atoms with Crippen molar-refractivity contribution in [2.75, 3.05) is 19.7 Å². The van der Waals surface area contributed by atoms with Crippen LogP contribution in [0.25, 0.3) is 11.5 Å². The van der Waals surface area contributed by atoms with Crippen LogP contribution in [0.15, 0.2) is 39.9 Å².